The Balaban J connectivity index is 1.14. The van der Waals surface area contributed by atoms with Crippen molar-refractivity contribution in [2.24, 2.45) is 5.92 Å². The fourth-order valence-electron chi connectivity index (χ4n) is 5.81. The van der Waals surface area contributed by atoms with Crippen LogP contribution in [0, 0.1) is 12.8 Å². The molecule has 4 aromatic rings. The van der Waals surface area contributed by atoms with Crippen LogP contribution < -0.4 is 9.64 Å². The second kappa shape index (κ2) is 10.1. The van der Waals surface area contributed by atoms with E-state index in [0.717, 1.165) is 85.3 Å². The monoisotopic (exact) mass is 535 g/mol. The zero-order valence-electron chi connectivity index (χ0n) is 22.7. The molecule has 2 aromatic heterocycles. The number of benzene rings is 2. The lowest BCUT2D eigenvalue weighted by molar-refractivity contribution is 0.0689. The van der Waals surface area contributed by atoms with Gasteiger partial charge in [0.15, 0.2) is 5.69 Å². The highest BCUT2D eigenvalue weighted by Crippen LogP contribution is 2.45. The number of hydrogen-bond donors (Lipinski definition) is 1. The highest BCUT2D eigenvalue weighted by molar-refractivity contribution is 5.94. The Hall–Kier alpha value is -4.13. The zero-order valence-corrected chi connectivity index (χ0v) is 22.7. The molecular weight excluding hydrogens is 502 g/mol. The van der Waals surface area contributed by atoms with Crippen LogP contribution in [0.3, 0.4) is 0 Å². The predicted molar refractivity (Wildman–Crippen MR) is 155 cm³/mol. The van der Waals surface area contributed by atoms with Gasteiger partial charge in [-0.1, -0.05) is 41.6 Å². The molecule has 1 saturated heterocycles. The van der Waals surface area contributed by atoms with Crippen LogP contribution >= 0.6 is 0 Å². The lowest BCUT2D eigenvalue weighted by Crippen LogP contribution is -2.25. The number of carboxylic acid groups (broad SMARTS) is 1. The van der Waals surface area contributed by atoms with Crippen molar-refractivity contribution in [3.63, 3.8) is 0 Å². The third-order valence-electron chi connectivity index (χ3n) is 8.55. The van der Waals surface area contributed by atoms with Crippen LogP contribution in [0.4, 0.5) is 5.69 Å². The highest BCUT2D eigenvalue weighted by Gasteiger charge is 2.32. The second-order valence-corrected chi connectivity index (χ2v) is 11.4. The van der Waals surface area contributed by atoms with Gasteiger partial charge in [0, 0.05) is 47.3 Å². The van der Waals surface area contributed by atoms with Gasteiger partial charge in [-0.2, -0.15) is 0 Å². The van der Waals surface area contributed by atoms with Gasteiger partial charge in [0.25, 0.3) is 0 Å². The molecule has 7 rings (SSSR count). The molecule has 1 aliphatic heterocycles. The maximum atomic E-state index is 11.7. The van der Waals surface area contributed by atoms with Crippen molar-refractivity contribution < 1.29 is 19.2 Å². The molecule has 204 valence electrons. The number of carboxylic acids is 1. The molecule has 0 unspecified atom stereocenters. The Bertz CT molecular complexity index is 1620. The van der Waals surface area contributed by atoms with E-state index in [1.165, 1.54) is 5.56 Å². The molecule has 0 radical (unpaired) electrons. The lowest BCUT2D eigenvalue weighted by atomic mass is 9.96. The Morgan fingerprint density at radius 1 is 1.10 bits per heavy atom. The number of rotatable bonds is 8. The smallest absolute Gasteiger partial charge is 0.354 e. The molecule has 2 aliphatic carbocycles. The normalized spacial score (nSPS) is 19.4. The van der Waals surface area contributed by atoms with Gasteiger partial charge in [0.2, 0.25) is 0 Å². The average molecular weight is 536 g/mol. The van der Waals surface area contributed by atoms with Crippen molar-refractivity contribution in [2.75, 3.05) is 18.0 Å². The largest absolute Gasteiger partial charge is 0.490 e. The third kappa shape index (κ3) is 4.74. The van der Waals surface area contributed by atoms with Gasteiger partial charge in [-0.05, 0) is 75.1 Å². The summed E-state index contributed by atoms with van der Waals surface area (Å²) in [6.07, 6.45) is 11.3. The molecule has 0 spiro atoms. The molecule has 0 amide bonds. The van der Waals surface area contributed by atoms with E-state index < -0.39 is 5.97 Å². The molecule has 3 aliphatic rings. The van der Waals surface area contributed by atoms with Crippen molar-refractivity contribution in [3.8, 4) is 17.0 Å². The number of ether oxygens (including phenoxy) is 1. The first kappa shape index (κ1) is 24.9. The summed E-state index contributed by atoms with van der Waals surface area (Å²) in [7, 11) is 0. The number of aromatic nitrogens is 2. The number of pyridine rings is 1. The van der Waals surface area contributed by atoms with Crippen molar-refractivity contribution >= 4 is 28.6 Å². The number of aryl methyl sites for hydroxylation is 1. The summed E-state index contributed by atoms with van der Waals surface area (Å²) in [5.41, 5.74) is 6.16. The minimum Gasteiger partial charge on any atom is -0.490 e. The second-order valence-electron chi connectivity index (χ2n) is 11.4. The maximum absolute atomic E-state index is 11.7. The van der Waals surface area contributed by atoms with Gasteiger partial charge >= 0.3 is 5.97 Å². The van der Waals surface area contributed by atoms with Crippen molar-refractivity contribution in [3.05, 3.63) is 77.2 Å². The van der Waals surface area contributed by atoms with E-state index in [9.17, 15) is 9.90 Å². The molecular formula is C33H33N3O4. The first-order chi connectivity index (χ1) is 19.5. The summed E-state index contributed by atoms with van der Waals surface area (Å²) in [5, 5.41) is 14.9. The van der Waals surface area contributed by atoms with Crippen LogP contribution in [-0.2, 0) is 0 Å². The number of aromatic carboxylic acids is 1. The molecule has 1 atom stereocenters. The van der Waals surface area contributed by atoms with Crippen LogP contribution in [0.2, 0.25) is 0 Å². The Morgan fingerprint density at radius 3 is 2.70 bits per heavy atom. The average Bonchev–Trinajstić information content (AvgIpc) is 3.52. The van der Waals surface area contributed by atoms with Gasteiger partial charge in [0.1, 0.15) is 17.2 Å². The number of anilines is 1. The molecule has 2 saturated carbocycles. The molecule has 7 nitrogen and oxygen atoms in total. The molecule has 3 heterocycles. The van der Waals surface area contributed by atoms with E-state index in [1.54, 1.807) is 6.07 Å². The maximum Gasteiger partial charge on any atom is 0.354 e. The first-order valence-electron chi connectivity index (χ1n) is 14.4. The summed E-state index contributed by atoms with van der Waals surface area (Å²) < 4.78 is 12.1. The minimum atomic E-state index is -1.04. The first-order valence-corrected chi connectivity index (χ1v) is 14.4. The van der Waals surface area contributed by atoms with Crippen LogP contribution in [-0.4, -0.2) is 40.4 Å². The predicted octanol–water partition coefficient (Wildman–Crippen LogP) is 7.24. The fraction of sp³-hybridized carbons (Fsp3) is 0.364. The van der Waals surface area contributed by atoms with Gasteiger partial charge < -0.3 is 19.3 Å². The number of carbonyl (C=O) groups is 1. The van der Waals surface area contributed by atoms with Gasteiger partial charge in [-0.25, -0.2) is 9.78 Å². The van der Waals surface area contributed by atoms with Crippen LogP contribution in [0.15, 0.2) is 59.1 Å². The van der Waals surface area contributed by atoms with E-state index in [4.69, 9.17) is 9.26 Å². The summed E-state index contributed by atoms with van der Waals surface area (Å²) in [5.74, 6) is 1.48. The minimum absolute atomic E-state index is 0.0188. The molecule has 7 heteroatoms. The fourth-order valence-corrected chi connectivity index (χ4v) is 5.81. The van der Waals surface area contributed by atoms with Crippen molar-refractivity contribution in [1.29, 1.82) is 0 Å². The standard InChI is InChI=1S/C33H33N3O4/c1-20-5-2-3-8-25(20)31-26(32(40-35-31)22-10-11-22)13-9-21-15-16-36(19-21)23-12-14-28-27(17-23)30(39-24-6-4-7-24)18-29(34-28)33(37)38/h2-3,5,8-9,12-14,17-18,21-22,24H,4,6-7,10-11,15-16,19H2,1H3,(H,37,38)/b13-9+/t21-/m0/s1. The molecule has 2 aromatic carbocycles. The number of nitrogens with zero attached hydrogens (tertiary/aromatic N) is 3. The number of hydrogen-bond acceptors (Lipinski definition) is 6. The quantitative estimate of drug-likeness (QED) is 0.254. The Kier molecular flexibility index (Phi) is 6.29. The van der Waals surface area contributed by atoms with Gasteiger partial charge in [-0.15, -0.1) is 0 Å². The summed E-state index contributed by atoms with van der Waals surface area (Å²) in [6, 6.07) is 16.0. The molecule has 40 heavy (non-hydrogen) atoms. The van der Waals surface area contributed by atoms with Crippen LogP contribution in [0.25, 0.3) is 28.2 Å². The van der Waals surface area contributed by atoms with E-state index in [0.29, 0.717) is 23.1 Å². The highest BCUT2D eigenvalue weighted by atomic mass is 16.5. The van der Waals surface area contributed by atoms with E-state index in [1.807, 2.05) is 12.1 Å². The topological polar surface area (TPSA) is 88.7 Å². The van der Waals surface area contributed by atoms with Crippen LogP contribution in [0.1, 0.15) is 71.8 Å². The van der Waals surface area contributed by atoms with Gasteiger partial charge in [0.05, 0.1) is 11.6 Å². The van der Waals surface area contributed by atoms with E-state index in [-0.39, 0.29) is 11.8 Å². The number of fused-ring (bicyclic) bond motifs is 1. The van der Waals surface area contributed by atoms with Gasteiger partial charge in [-0.3, -0.25) is 0 Å². The van der Waals surface area contributed by atoms with Crippen molar-refractivity contribution in [1.82, 2.24) is 10.1 Å². The van der Waals surface area contributed by atoms with E-state index >= 15 is 0 Å². The summed E-state index contributed by atoms with van der Waals surface area (Å²) in [6.45, 7) is 3.97. The summed E-state index contributed by atoms with van der Waals surface area (Å²) in [4.78, 5) is 18.4. The van der Waals surface area contributed by atoms with Crippen LogP contribution in [0.5, 0.6) is 5.75 Å². The molecule has 1 N–H and O–H groups in total. The Morgan fingerprint density at radius 2 is 1.95 bits per heavy atom. The lowest BCUT2D eigenvalue weighted by Gasteiger charge is -2.27. The third-order valence-corrected chi connectivity index (χ3v) is 8.55. The SMILES string of the molecule is Cc1ccccc1-c1noc(C2CC2)c1/C=C/[C@H]1CCN(c2ccc3nc(C(=O)O)cc(OC4CCC4)c3c2)C1. The zero-order chi connectivity index (χ0) is 27.2. The van der Waals surface area contributed by atoms with Crippen molar-refractivity contribution in [2.45, 2.75) is 57.5 Å². The van der Waals surface area contributed by atoms with E-state index in [2.05, 4.69) is 64.4 Å². The molecule has 3 fully saturated rings. The Labute approximate surface area is 233 Å². The molecule has 0 bridgehead atoms. The summed E-state index contributed by atoms with van der Waals surface area (Å²) >= 11 is 0.